The van der Waals surface area contributed by atoms with Crippen LogP contribution < -0.4 is 15.8 Å². The molecule has 1 amide bonds. The zero-order chi connectivity index (χ0) is 18.8. The molecular weight excluding hydrogens is 358 g/mol. The molecular formula is C21H21N3O2S. The predicted molar refractivity (Wildman–Crippen MR) is 107 cm³/mol. The molecule has 0 bridgehead atoms. The van der Waals surface area contributed by atoms with Crippen LogP contribution in [0.1, 0.15) is 39.6 Å². The molecule has 2 aromatic carbocycles. The van der Waals surface area contributed by atoms with E-state index in [1.54, 1.807) is 0 Å². The lowest BCUT2D eigenvalue weighted by atomic mass is 9.93. The van der Waals surface area contributed by atoms with Crippen molar-refractivity contribution in [3.63, 3.8) is 0 Å². The quantitative estimate of drug-likeness (QED) is 0.723. The number of aromatic nitrogens is 1. The highest BCUT2D eigenvalue weighted by Gasteiger charge is 2.27. The Morgan fingerprint density at radius 2 is 2.11 bits per heavy atom. The van der Waals surface area contributed by atoms with E-state index in [1.807, 2.05) is 36.4 Å². The summed E-state index contributed by atoms with van der Waals surface area (Å²) in [7, 11) is 0. The Labute approximate surface area is 162 Å². The molecule has 3 aromatic rings. The van der Waals surface area contributed by atoms with E-state index >= 15 is 0 Å². The summed E-state index contributed by atoms with van der Waals surface area (Å²) in [5.41, 5.74) is 10.2. The summed E-state index contributed by atoms with van der Waals surface area (Å²) in [6.45, 7) is 3.02. The summed E-state index contributed by atoms with van der Waals surface area (Å²) in [6, 6.07) is 16.1. The fourth-order valence-corrected chi connectivity index (χ4v) is 4.32. The molecule has 138 valence electrons. The molecule has 0 fully saturated rings. The van der Waals surface area contributed by atoms with E-state index in [1.165, 1.54) is 16.9 Å². The van der Waals surface area contributed by atoms with Gasteiger partial charge in [-0.1, -0.05) is 36.4 Å². The summed E-state index contributed by atoms with van der Waals surface area (Å²) in [6.07, 6.45) is 0.385. The fourth-order valence-electron chi connectivity index (χ4n) is 3.34. The van der Waals surface area contributed by atoms with Gasteiger partial charge < -0.3 is 15.8 Å². The number of nitrogen functional groups attached to an aromatic ring is 1. The number of hydrogen-bond donors (Lipinski definition) is 2. The third-order valence-electron chi connectivity index (χ3n) is 4.82. The summed E-state index contributed by atoms with van der Waals surface area (Å²) in [5.74, 6) is 0.758. The van der Waals surface area contributed by atoms with Crippen molar-refractivity contribution >= 4 is 22.4 Å². The lowest BCUT2D eigenvalue weighted by Gasteiger charge is -2.15. The van der Waals surface area contributed by atoms with Gasteiger partial charge in [0.2, 0.25) is 5.91 Å². The highest BCUT2D eigenvalue weighted by molar-refractivity contribution is 7.15. The Balaban J connectivity index is 1.60. The van der Waals surface area contributed by atoms with Crippen molar-refractivity contribution in [3.8, 4) is 5.75 Å². The molecule has 0 radical (unpaired) electrons. The Morgan fingerprint density at radius 3 is 2.96 bits per heavy atom. The van der Waals surface area contributed by atoms with Crippen LogP contribution in [0.5, 0.6) is 5.75 Å². The van der Waals surface area contributed by atoms with Crippen molar-refractivity contribution < 1.29 is 9.53 Å². The van der Waals surface area contributed by atoms with E-state index in [4.69, 9.17) is 10.5 Å². The smallest absolute Gasteiger partial charge is 0.221 e. The standard InChI is InChI=1S/C21H21N3O2S/c1-13-5-2-3-6-15(13)12-26-16-8-4-7-14(9-16)17-10-19(25)23-11-18-20(17)27-21(22)24-18/h2-9,17H,10-12H2,1H3,(H2,22,24)(H,23,25). The maximum Gasteiger partial charge on any atom is 0.221 e. The van der Waals surface area contributed by atoms with E-state index < -0.39 is 0 Å². The van der Waals surface area contributed by atoms with E-state index in [-0.39, 0.29) is 11.8 Å². The topological polar surface area (TPSA) is 77.2 Å². The Kier molecular flexibility index (Phi) is 4.81. The number of nitrogens with one attached hydrogen (secondary N) is 1. The number of nitrogens with two attached hydrogens (primary N) is 1. The second-order valence-corrected chi connectivity index (χ2v) is 7.75. The van der Waals surface area contributed by atoms with Crippen LogP contribution >= 0.6 is 11.3 Å². The van der Waals surface area contributed by atoms with Gasteiger partial charge in [0.05, 0.1) is 12.2 Å². The first-order chi connectivity index (χ1) is 13.1. The number of hydrogen-bond acceptors (Lipinski definition) is 5. The number of nitrogens with zero attached hydrogens (tertiary/aromatic N) is 1. The van der Waals surface area contributed by atoms with Crippen molar-refractivity contribution in [2.24, 2.45) is 0 Å². The normalized spacial score (nSPS) is 16.3. The number of rotatable bonds is 4. The first-order valence-electron chi connectivity index (χ1n) is 8.89. The predicted octanol–water partition coefficient (Wildman–Crippen LogP) is 3.76. The van der Waals surface area contributed by atoms with Gasteiger partial charge in [-0.15, -0.1) is 11.3 Å². The number of carbonyl (C=O) groups is 1. The highest BCUT2D eigenvalue weighted by Crippen LogP contribution is 2.38. The second-order valence-electron chi connectivity index (χ2n) is 6.68. The zero-order valence-corrected chi connectivity index (χ0v) is 15.9. The molecule has 4 rings (SSSR count). The number of fused-ring (bicyclic) bond motifs is 1. The van der Waals surface area contributed by atoms with Crippen molar-refractivity contribution in [2.45, 2.75) is 32.4 Å². The molecule has 0 saturated carbocycles. The van der Waals surface area contributed by atoms with Crippen LogP contribution in [0.2, 0.25) is 0 Å². The number of thiazole rings is 1. The van der Waals surface area contributed by atoms with Crippen LogP contribution in [0.4, 0.5) is 5.13 Å². The number of carbonyl (C=O) groups excluding carboxylic acids is 1. The minimum absolute atomic E-state index is 0.0232. The van der Waals surface area contributed by atoms with Crippen molar-refractivity contribution in [1.82, 2.24) is 10.3 Å². The minimum atomic E-state index is -0.0562. The maximum atomic E-state index is 12.2. The molecule has 2 heterocycles. The van der Waals surface area contributed by atoms with E-state index in [2.05, 4.69) is 29.4 Å². The largest absolute Gasteiger partial charge is 0.489 e. The van der Waals surface area contributed by atoms with Gasteiger partial charge in [0, 0.05) is 17.2 Å². The third kappa shape index (κ3) is 3.80. The summed E-state index contributed by atoms with van der Waals surface area (Å²) in [4.78, 5) is 17.6. The molecule has 1 atom stereocenters. The number of aryl methyl sites for hydroxylation is 1. The zero-order valence-electron chi connectivity index (χ0n) is 15.1. The number of ether oxygens (including phenoxy) is 1. The monoisotopic (exact) mass is 379 g/mol. The van der Waals surface area contributed by atoms with Crippen LogP contribution in [0, 0.1) is 6.92 Å². The Hall–Kier alpha value is -2.86. The number of amides is 1. The molecule has 1 aliphatic heterocycles. The Morgan fingerprint density at radius 1 is 1.26 bits per heavy atom. The summed E-state index contributed by atoms with van der Waals surface area (Å²) in [5, 5.41) is 3.43. The third-order valence-corrected chi connectivity index (χ3v) is 5.86. The molecule has 1 aliphatic rings. The molecule has 3 N–H and O–H groups in total. The van der Waals surface area contributed by atoms with E-state index in [0.717, 1.165) is 27.4 Å². The second kappa shape index (κ2) is 7.40. The van der Waals surface area contributed by atoms with E-state index in [9.17, 15) is 4.79 Å². The Bertz CT molecular complexity index is 983. The van der Waals surface area contributed by atoms with Crippen molar-refractivity contribution in [2.75, 3.05) is 5.73 Å². The molecule has 0 aliphatic carbocycles. The lowest BCUT2D eigenvalue weighted by molar-refractivity contribution is -0.121. The van der Waals surface area contributed by atoms with Gasteiger partial charge >= 0.3 is 0 Å². The number of anilines is 1. The van der Waals surface area contributed by atoms with Crippen LogP contribution in [0.3, 0.4) is 0 Å². The minimum Gasteiger partial charge on any atom is -0.489 e. The maximum absolute atomic E-state index is 12.2. The van der Waals surface area contributed by atoms with Crippen molar-refractivity contribution in [1.29, 1.82) is 0 Å². The van der Waals surface area contributed by atoms with Gasteiger partial charge in [-0.3, -0.25) is 4.79 Å². The molecule has 6 heteroatoms. The van der Waals surface area contributed by atoms with Gasteiger partial charge in [-0.25, -0.2) is 4.98 Å². The molecule has 1 unspecified atom stereocenters. The van der Waals surface area contributed by atoms with Gasteiger partial charge in [-0.05, 0) is 35.7 Å². The van der Waals surface area contributed by atoms with Crippen molar-refractivity contribution in [3.05, 3.63) is 75.8 Å². The number of benzene rings is 2. The van der Waals surface area contributed by atoms with Gasteiger partial charge in [0.25, 0.3) is 0 Å². The van der Waals surface area contributed by atoms with Crippen LogP contribution in [-0.4, -0.2) is 10.9 Å². The first kappa shape index (κ1) is 17.5. The first-order valence-corrected chi connectivity index (χ1v) is 9.71. The van der Waals surface area contributed by atoms with Gasteiger partial charge in [0.1, 0.15) is 12.4 Å². The van der Waals surface area contributed by atoms with Gasteiger partial charge in [0.15, 0.2) is 5.13 Å². The fraction of sp³-hybridized carbons (Fsp3) is 0.238. The van der Waals surface area contributed by atoms with E-state index in [0.29, 0.717) is 24.7 Å². The van der Waals surface area contributed by atoms with Crippen LogP contribution in [0.15, 0.2) is 48.5 Å². The lowest BCUT2D eigenvalue weighted by Crippen LogP contribution is -2.21. The molecule has 0 spiro atoms. The van der Waals surface area contributed by atoms with Gasteiger partial charge in [-0.2, -0.15) is 0 Å². The van der Waals surface area contributed by atoms with Crippen LogP contribution in [0.25, 0.3) is 0 Å². The van der Waals surface area contributed by atoms with Crippen LogP contribution in [-0.2, 0) is 17.9 Å². The average molecular weight is 379 g/mol. The highest BCUT2D eigenvalue weighted by atomic mass is 32.1. The summed E-state index contributed by atoms with van der Waals surface area (Å²) >= 11 is 1.46. The average Bonchev–Trinajstić information content (AvgIpc) is 2.97. The summed E-state index contributed by atoms with van der Waals surface area (Å²) < 4.78 is 6.02. The molecule has 5 nitrogen and oxygen atoms in total. The molecule has 0 saturated heterocycles. The molecule has 1 aromatic heterocycles. The SMILES string of the molecule is Cc1ccccc1COc1cccc(C2CC(=O)NCc3nc(N)sc32)c1. The molecule has 27 heavy (non-hydrogen) atoms.